The molecule has 0 aliphatic rings. The normalized spacial score (nSPS) is 9.50. The first-order valence-corrected chi connectivity index (χ1v) is 9.96. The van der Waals surface area contributed by atoms with Crippen LogP contribution in [0.5, 0.6) is 0 Å². The molecule has 152 valence electrons. The quantitative estimate of drug-likeness (QED) is 0.321. The highest BCUT2D eigenvalue weighted by Crippen LogP contribution is 2.17. The van der Waals surface area contributed by atoms with Crippen molar-refractivity contribution in [3.8, 4) is 11.3 Å². The van der Waals surface area contributed by atoms with Gasteiger partial charge in [0, 0.05) is 5.56 Å². The first kappa shape index (κ1) is 23.9. The van der Waals surface area contributed by atoms with Crippen molar-refractivity contribution in [2.75, 3.05) is 0 Å². The lowest BCUT2D eigenvalue weighted by atomic mass is 9.81. The van der Waals surface area contributed by atoms with Crippen LogP contribution in [0.4, 0.5) is 0 Å². The maximum Gasteiger partial charge on any atom is 0.488 e. The maximum absolute atomic E-state index is 8.58. The fourth-order valence-electron chi connectivity index (χ4n) is 2.19. The number of halogens is 3. The Balaban J connectivity index is 0.000000167. The van der Waals surface area contributed by atoms with E-state index in [4.69, 9.17) is 44.9 Å². The second kappa shape index (κ2) is 13.0. The molecule has 0 saturated carbocycles. The number of hydrogen-bond donors (Lipinski definition) is 2. The molecule has 0 spiro atoms. The van der Waals surface area contributed by atoms with E-state index in [1.165, 1.54) is 0 Å². The van der Waals surface area contributed by atoms with Crippen molar-refractivity contribution in [1.29, 1.82) is 0 Å². The summed E-state index contributed by atoms with van der Waals surface area (Å²) in [6, 6.07) is 29.3. The van der Waals surface area contributed by atoms with Gasteiger partial charge in [0.25, 0.3) is 0 Å². The molecular formula is C22H18BCl3N2O2. The van der Waals surface area contributed by atoms with Crippen LogP contribution < -0.4 is 5.46 Å². The predicted molar refractivity (Wildman–Crippen MR) is 125 cm³/mol. The molecule has 0 unspecified atom stereocenters. The lowest BCUT2D eigenvalue weighted by Gasteiger charge is -1.99. The van der Waals surface area contributed by atoms with Gasteiger partial charge in [0.2, 0.25) is 0 Å². The van der Waals surface area contributed by atoms with Gasteiger partial charge in [0.15, 0.2) is 0 Å². The molecule has 0 aliphatic carbocycles. The Labute approximate surface area is 190 Å². The number of rotatable bonds is 2. The Morgan fingerprint density at radius 2 is 1.00 bits per heavy atom. The van der Waals surface area contributed by atoms with Gasteiger partial charge in [0.1, 0.15) is 15.5 Å². The summed E-state index contributed by atoms with van der Waals surface area (Å²) in [6.07, 6.45) is 0. The monoisotopic (exact) mass is 458 g/mol. The molecule has 4 nitrogen and oxygen atoms in total. The molecule has 2 N–H and O–H groups in total. The number of benzene rings is 2. The van der Waals surface area contributed by atoms with E-state index in [0.29, 0.717) is 20.9 Å². The zero-order valence-electron chi connectivity index (χ0n) is 15.7. The summed E-state index contributed by atoms with van der Waals surface area (Å²) < 4.78 is 0. The third-order valence-corrected chi connectivity index (χ3v) is 4.20. The van der Waals surface area contributed by atoms with Crippen molar-refractivity contribution in [2.45, 2.75) is 0 Å². The van der Waals surface area contributed by atoms with Crippen LogP contribution in [0.15, 0.2) is 97.1 Å². The first-order chi connectivity index (χ1) is 14.5. The average molecular weight is 460 g/mol. The molecule has 4 rings (SSSR count). The van der Waals surface area contributed by atoms with E-state index in [0.717, 1.165) is 11.3 Å². The standard InChI is InChI=1S/C11H8ClN.C6H7BO2.C5H3Cl2N/c12-11-8-4-7-10(13-11)9-5-2-1-3-6-9;8-7(9)6-4-2-1-3-5-6;6-4-2-1-3-5(7)8-4/h1-8H;1-5,8-9H;1-3H. The predicted octanol–water partition coefficient (Wildman–Crippen LogP) is 5.16. The second-order valence-corrected chi connectivity index (χ2v) is 6.94. The molecule has 2 heterocycles. The Kier molecular flexibility index (Phi) is 10.4. The van der Waals surface area contributed by atoms with E-state index in [2.05, 4.69) is 9.97 Å². The number of aromatic nitrogens is 2. The lowest BCUT2D eigenvalue weighted by molar-refractivity contribution is 0.426. The van der Waals surface area contributed by atoms with Gasteiger partial charge >= 0.3 is 7.12 Å². The van der Waals surface area contributed by atoms with Crippen LogP contribution in [0.1, 0.15) is 0 Å². The van der Waals surface area contributed by atoms with Crippen LogP contribution in [-0.4, -0.2) is 27.1 Å². The van der Waals surface area contributed by atoms with Crippen molar-refractivity contribution in [2.24, 2.45) is 0 Å². The van der Waals surface area contributed by atoms with Gasteiger partial charge in [-0.1, -0.05) is 108 Å². The minimum Gasteiger partial charge on any atom is -0.423 e. The van der Waals surface area contributed by atoms with Gasteiger partial charge in [-0.15, -0.1) is 0 Å². The SMILES string of the molecule is Clc1cccc(-c2ccccc2)n1.Clc1cccc(Cl)n1.OB(O)c1ccccc1. The summed E-state index contributed by atoms with van der Waals surface area (Å²) in [7, 11) is -1.34. The molecular weight excluding hydrogens is 441 g/mol. The van der Waals surface area contributed by atoms with Crippen molar-refractivity contribution < 1.29 is 10.0 Å². The first-order valence-electron chi connectivity index (χ1n) is 8.83. The molecule has 0 bridgehead atoms. The third kappa shape index (κ3) is 8.95. The fraction of sp³-hybridized carbons (Fsp3) is 0. The summed E-state index contributed by atoms with van der Waals surface area (Å²) >= 11 is 16.7. The maximum atomic E-state index is 8.58. The highest BCUT2D eigenvalue weighted by Gasteiger charge is 2.07. The van der Waals surface area contributed by atoms with Gasteiger partial charge in [-0.3, -0.25) is 0 Å². The van der Waals surface area contributed by atoms with E-state index >= 15 is 0 Å². The zero-order chi connectivity index (χ0) is 21.8. The van der Waals surface area contributed by atoms with Crippen LogP contribution in [0.2, 0.25) is 15.5 Å². The molecule has 0 amide bonds. The number of hydrogen-bond acceptors (Lipinski definition) is 4. The van der Waals surface area contributed by atoms with Gasteiger partial charge in [-0.25, -0.2) is 9.97 Å². The van der Waals surface area contributed by atoms with Crippen molar-refractivity contribution in [3.63, 3.8) is 0 Å². The van der Waals surface area contributed by atoms with Crippen molar-refractivity contribution in [3.05, 3.63) is 113 Å². The molecule has 0 fully saturated rings. The molecule has 0 atom stereocenters. The van der Waals surface area contributed by atoms with Crippen LogP contribution in [-0.2, 0) is 0 Å². The van der Waals surface area contributed by atoms with E-state index in [1.807, 2.05) is 48.5 Å². The summed E-state index contributed by atoms with van der Waals surface area (Å²) in [5.41, 5.74) is 2.52. The summed E-state index contributed by atoms with van der Waals surface area (Å²) in [5.74, 6) is 0. The largest absolute Gasteiger partial charge is 0.488 e. The minimum absolute atomic E-state index is 0.428. The van der Waals surface area contributed by atoms with Crippen LogP contribution in [0.25, 0.3) is 11.3 Å². The highest BCUT2D eigenvalue weighted by atomic mass is 35.5. The zero-order valence-corrected chi connectivity index (χ0v) is 18.0. The summed E-state index contributed by atoms with van der Waals surface area (Å²) in [5, 5.41) is 18.5. The van der Waals surface area contributed by atoms with Gasteiger partial charge < -0.3 is 10.0 Å². The number of nitrogens with zero attached hydrogens (tertiary/aromatic N) is 2. The van der Waals surface area contributed by atoms with Gasteiger partial charge in [-0.2, -0.15) is 0 Å². The molecule has 4 aromatic rings. The average Bonchev–Trinajstić information content (AvgIpc) is 2.76. The molecule has 2 aromatic heterocycles. The summed E-state index contributed by atoms with van der Waals surface area (Å²) in [4.78, 5) is 7.91. The topological polar surface area (TPSA) is 66.2 Å². The van der Waals surface area contributed by atoms with Crippen LogP contribution >= 0.6 is 34.8 Å². The molecule has 8 heteroatoms. The van der Waals surface area contributed by atoms with Gasteiger partial charge in [0.05, 0.1) is 5.69 Å². The van der Waals surface area contributed by atoms with Crippen LogP contribution in [0, 0.1) is 0 Å². The molecule has 0 aliphatic heterocycles. The molecule has 30 heavy (non-hydrogen) atoms. The Hall–Kier alpha value is -2.41. The fourth-order valence-corrected chi connectivity index (χ4v) is 2.72. The third-order valence-electron chi connectivity index (χ3n) is 3.56. The Bertz CT molecular complexity index is 1010. The molecule has 2 aromatic carbocycles. The molecule has 0 saturated heterocycles. The molecule has 0 radical (unpaired) electrons. The van der Waals surface area contributed by atoms with Crippen LogP contribution in [0.3, 0.4) is 0 Å². The second-order valence-electron chi connectivity index (χ2n) is 5.78. The summed E-state index contributed by atoms with van der Waals surface area (Å²) in [6.45, 7) is 0. The van der Waals surface area contributed by atoms with E-state index < -0.39 is 7.12 Å². The lowest BCUT2D eigenvalue weighted by Crippen LogP contribution is -2.29. The van der Waals surface area contributed by atoms with Crippen molar-refractivity contribution in [1.82, 2.24) is 9.97 Å². The Morgan fingerprint density at radius 1 is 0.533 bits per heavy atom. The highest BCUT2D eigenvalue weighted by molar-refractivity contribution is 6.58. The van der Waals surface area contributed by atoms with Crippen molar-refractivity contribution >= 4 is 47.4 Å². The smallest absolute Gasteiger partial charge is 0.423 e. The van der Waals surface area contributed by atoms with E-state index in [1.54, 1.807) is 48.5 Å². The van der Waals surface area contributed by atoms with E-state index in [-0.39, 0.29) is 0 Å². The minimum atomic E-state index is -1.34. The Morgan fingerprint density at radius 3 is 1.40 bits per heavy atom. The number of pyridine rings is 2. The van der Waals surface area contributed by atoms with E-state index in [9.17, 15) is 0 Å². The van der Waals surface area contributed by atoms with Gasteiger partial charge in [-0.05, 0) is 29.7 Å².